The summed E-state index contributed by atoms with van der Waals surface area (Å²) in [6.45, 7) is 1.85. The van der Waals surface area contributed by atoms with E-state index in [1.807, 2.05) is 31.2 Å². The summed E-state index contributed by atoms with van der Waals surface area (Å²) in [5, 5.41) is 17.8. The maximum Gasteiger partial charge on any atom is 0.368 e. The molecule has 0 bridgehead atoms. The number of aromatic nitrogens is 6. The minimum absolute atomic E-state index is 0.174. The molecule has 9 nitrogen and oxygen atoms in total. The number of imidazole rings is 1. The molecule has 0 saturated carbocycles. The van der Waals surface area contributed by atoms with Crippen LogP contribution in [-0.2, 0) is 7.05 Å². The van der Waals surface area contributed by atoms with Crippen molar-refractivity contribution in [2.75, 3.05) is 0 Å². The van der Waals surface area contributed by atoms with Gasteiger partial charge in [-0.05, 0) is 52.2 Å². The number of H-pyrrole nitrogens is 1. The van der Waals surface area contributed by atoms with Crippen molar-refractivity contribution in [2.45, 2.75) is 6.92 Å². The van der Waals surface area contributed by atoms with Crippen LogP contribution in [0.15, 0.2) is 83.7 Å². The number of tetrazole rings is 1. The molecule has 0 aliphatic rings. The van der Waals surface area contributed by atoms with E-state index in [-0.39, 0.29) is 17.4 Å². The second-order valence-corrected chi connectivity index (χ2v) is 8.83. The fraction of sp³-hybridized carbons (Fsp3) is 0.0714. The Kier molecular flexibility index (Phi) is 5.49. The molecule has 0 spiro atoms. The molecule has 0 fully saturated rings. The summed E-state index contributed by atoms with van der Waals surface area (Å²) in [5.74, 6) is 0.187. The third-order valence-corrected chi connectivity index (χ3v) is 6.30. The number of benzene rings is 4. The highest BCUT2D eigenvalue weighted by Gasteiger charge is 2.15. The van der Waals surface area contributed by atoms with Crippen molar-refractivity contribution in [2.24, 2.45) is 7.05 Å². The Morgan fingerprint density at radius 1 is 0.921 bits per heavy atom. The van der Waals surface area contributed by atoms with Gasteiger partial charge in [-0.25, -0.2) is 9.18 Å². The van der Waals surface area contributed by atoms with Crippen molar-refractivity contribution < 1.29 is 14.2 Å². The number of hydrogen-bond acceptors (Lipinski definition) is 6. The molecule has 0 atom stereocenters. The number of aryl methyl sites for hydroxylation is 2. The molecule has 2 aromatic heterocycles. The van der Waals surface area contributed by atoms with Gasteiger partial charge in [0, 0.05) is 30.3 Å². The van der Waals surface area contributed by atoms with Crippen LogP contribution < -0.4 is 10.4 Å². The average Bonchev–Trinajstić information content (AvgIpc) is 3.46. The van der Waals surface area contributed by atoms with Crippen molar-refractivity contribution in [1.82, 2.24) is 29.8 Å². The van der Waals surface area contributed by atoms with Crippen LogP contribution in [0.3, 0.4) is 0 Å². The van der Waals surface area contributed by atoms with Gasteiger partial charge in [0.1, 0.15) is 17.3 Å². The second kappa shape index (κ2) is 9.00. The average molecular weight is 509 g/mol. The third kappa shape index (κ3) is 4.07. The van der Waals surface area contributed by atoms with Crippen molar-refractivity contribution in [1.29, 1.82) is 0 Å². The Morgan fingerprint density at radius 2 is 1.66 bits per heavy atom. The van der Waals surface area contributed by atoms with E-state index < -0.39 is 5.82 Å². The van der Waals surface area contributed by atoms with Crippen LogP contribution in [0.2, 0.25) is 0 Å². The monoisotopic (exact) mass is 508 g/mol. The molecule has 2 heterocycles. The van der Waals surface area contributed by atoms with Gasteiger partial charge < -0.3 is 14.8 Å². The SMILES string of the molecule is Cc1ccc(Oc2nc3cc(-c4ccc(-c5ccccc5O)cc4)c(F)cc3[nH]2)cc1-n1nnn(C)c1=O. The quantitative estimate of drug-likeness (QED) is 0.334. The molecular weight excluding hydrogens is 487 g/mol. The summed E-state index contributed by atoms with van der Waals surface area (Å²) < 4.78 is 23.3. The van der Waals surface area contributed by atoms with Crippen LogP contribution in [0.1, 0.15) is 5.56 Å². The van der Waals surface area contributed by atoms with Crippen molar-refractivity contribution in [3.63, 3.8) is 0 Å². The normalized spacial score (nSPS) is 11.2. The summed E-state index contributed by atoms with van der Waals surface area (Å²) in [7, 11) is 1.52. The molecule has 0 radical (unpaired) electrons. The van der Waals surface area contributed by atoms with E-state index in [1.54, 1.807) is 48.5 Å². The summed E-state index contributed by atoms with van der Waals surface area (Å²) in [4.78, 5) is 19.8. The van der Waals surface area contributed by atoms with Crippen LogP contribution >= 0.6 is 0 Å². The van der Waals surface area contributed by atoms with Gasteiger partial charge in [0.25, 0.3) is 6.01 Å². The first kappa shape index (κ1) is 23.2. The summed E-state index contributed by atoms with van der Waals surface area (Å²) in [6.07, 6.45) is 0. The molecule has 0 aliphatic heterocycles. The highest BCUT2D eigenvalue weighted by Crippen LogP contribution is 2.33. The summed E-state index contributed by atoms with van der Waals surface area (Å²) in [6, 6.07) is 22.7. The van der Waals surface area contributed by atoms with E-state index >= 15 is 4.39 Å². The van der Waals surface area contributed by atoms with Gasteiger partial charge in [-0.2, -0.15) is 14.3 Å². The van der Waals surface area contributed by atoms with Crippen LogP contribution in [0, 0.1) is 12.7 Å². The maximum atomic E-state index is 15.1. The number of aromatic amines is 1. The van der Waals surface area contributed by atoms with Gasteiger partial charge in [0.2, 0.25) is 0 Å². The van der Waals surface area contributed by atoms with E-state index in [0.717, 1.165) is 15.8 Å². The number of phenols is 1. The fourth-order valence-corrected chi connectivity index (χ4v) is 4.28. The number of halogens is 1. The van der Waals surface area contributed by atoms with E-state index in [0.29, 0.717) is 39.2 Å². The van der Waals surface area contributed by atoms with Gasteiger partial charge in [-0.15, -0.1) is 0 Å². The molecule has 10 heteroatoms. The molecule has 6 aromatic rings. The number of aromatic hydroxyl groups is 1. The van der Waals surface area contributed by atoms with Crippen molar-refractivity contribution in [3.05, 3.63) is 101 Å². The Bertz CT molecular complexity index is 1870. The summed E-state index contributed by atoms with van der Waals surface area (Å²) in [5.41, 5.74) is 4.54. The minimum Gasteiger partial charge on any atom is -0.507 e. The zero-order valence-corrected chi connectivity index (χ0v) is 20.4. The predicted molar refractivity (Wildman–Crippen MR) is 140 cm³/mol. The Morgan fingerprint density at radius 3 is 2.37 bits per heavy atom. The molecule has 6 rings (SSSR count). The van der Waals surface area contributed by atoms with Gasteiger partial charge in [0.05, 0.1) is 16.7 Å². The van der Waals surface area contributed by atoms with E-state index in [9.17, 15) is 9.90 Å². The largest absolute Gasteiger partial charge is 0.507 e. The Labute approximate surface area is 215 Å². The molecule has 38 heavy (non-hydrogen) atoms. The first-order chi connectivity index (χ1) is 18.4. The highest BCUT2D eigenvalue weighted by atomic mass is 19.1. The first-order valence-electron chi connectivity index (χ1n) is 11.7. The standard InChI is InChI=1S/C28H21FN6O3/c1-16-7-12-19(13-25(16)35-28(37)34(2)32-33-35)38-27-30-23-14-21(22(29)15-24(23)31-27)18-10-8-17(9-11-18)20-5-3-4-6-26(20)36/h3-15,36H,1-2H3,(H,30,31). The number of fused-ring (bicyclic) bond motifs is 1. The molecule has 2 N–H and O–H groups in total. The first-order valence-corrected chi connectivity index (χ1v) is 11.7. The highest BCUT2D eigenvalue weighted by molar-refractivity contribution is 5.83. The summed E-state index contributed by atoms with van der Waals surface area (Å²) >= 11 is 0. The topological polar surface area (TPSA) is 111 Å². The lowest BCUT2D eigenvalue weighted by Crippen LogP contribution is -2.22. The molecule has 188 valence electrons. The zero-order chi connectivity index (χ0) is 26.4. The zero-order valence-electron chi connectivity index (χ0n) is 20.4. The Hall–Kier alpha value is -5.25. The van der Waals surface area contributed by atoms with Gasteiger partial charge in [-0.1, -0.05) is 48.5 Å². The third-order valence-electron chi connectivity index (χ3n) is 6.30. The number of rotatable bonds is 5. The molecule has 0 saturated heterocycles. The van der Waals surface area contributed by atoms with Crippen LogP contribution in [0.4, 0.5) is 4.39 Å². The lowest BCUT2D eigenvalue weighted by molar-refractivity contribution is 0.449. The Balaban J connectivity index is 1.30. The number of nitrogens with one attached hydrogen (secondary N) is 1. The van der Waals surface area contributed by atoms with Crippen molar-refractivity contribution >= 4 is 11.0 Å². The number of nitrogens with zero attached hydrogens (tertiary/aromatic N) is 5. The number of para-hydroxylation sites is 1. The van der Waals surface area contributed by atoms with Crippen LogP contribution in [0.5, 0.6) is 17.5 Å². The van der Waals surface area contributed by atoms with Gasteiger partial charge in [-0.3, -0.25) is 0 Å². The number of phenolic OH excluding ortho intramolecular Hbond substituents is 1. The number of ether oxygens (including phenoxy) is 1. The van der Waals surface area contributed by atoms with Crippen LogP contribution in [0.25, 0.3) is 39.0 Å². The van der Waals surface area contributed by atoms with Crippen LogP contribution in [-0.4, -0.2) is 34.9 Å². The molecule has 0 unspecified atom stereocenters. The lowest BCUT2D eigenvalue weighted by Gasteiger charge is -2.07. The van der Waals surface area contributed by atoms with E-state index in [1.165, 1.54) is 17.8 Å². The maximum absolute atomic E-state index is 15.1. The second-order valence-electron chi connectivity index (χ2n) is 8.83. The molecule has 4 aromatic carbocycles. The smallest absolute Gasteiger partial charge is 0.368 e. The van der Waals surface area contributed by atoms with Gasteiger partial charge in [0.15, 0.2) is 0 Å². The number of hydrogen-bond donors (Lipinski definition) is 2. The van der Waals surface area contributed by atoms with Gasteiger partial charge >= 0.3 is 5.69 Å². The fourth-order valence-electron chi connectivity index (χ4n) is 4.28. The molecular formula is C28H21FN6O3. The lowest BCUT2D eigenvalue weighted by atomic mass is 9.99. The predicted octanol–water partition coefficient (Wildman–Crippen LogP) is 5.12. The minimum atomic E-state index is -0.414. The van der Waals surface area contributed by atoms with E-state index in [4.69, 9.17) is 4.74 Å². The van der Waals surface area contributed by atoms with E-state index in [2.05, 4.69) is 20.4 Å². The van der Waals surface area contributed by atoms with Crippen molar-refractivity contribution in [3.8, 4) is 45.5 Å². The molecule has 0 amide bonds. The molecule has 0 aliphatic carbocycles.